The Labute approximate surface area is 191 Å². The third-order valence-electron chi connectivity index (χ3n) is 6.93. The van der Waals surface area contributed by atoms with Gasteiger partial charge in [-0.1, -0.05) is 143 Å². The van der Waals surface area contributed by atoms with Crippen LogP contribution >= 0.6 is 0 Å². The van der Waals surface area contributed by atoms with Crippen molar-refractivity contribution in [1.82, 2.24) is 0 Å². The van der Waals surface area contributed by atoms with Crippen LogP contribution in [0.3, 0.4) is 0 Å². The van der Waals surface area contributed by atoms with Crippen molar-refractivity contribution in [1.29, 1.82) is 0 Å². The van der Waals surface area contributed by atoms with E-state index in [1.165, 1.54) is 116 Å². The number of unbranched alkanes of at least 4 members (excludes halogenated alkanes) is 14. The molecule has 0 saturated heterocycles. The van der Waals surface area contributed by atoms with Gasteiger partial charge in [0.2, 0.25) is 0 Å². The van der Waals surface area contributed by atoms with E-state index in [4.69, 9.17) is 0 Å². The standard InChI is InChI=1S/C29H58O/c1-5-9-13-15-17-19-21-25-27(23-11-7-3)29(30)28(24-12-8-4)26-22-20-18-16-14-10-6-2/h27-28H,5-26H2,1-4H3. The number of hydrogen-bond donors (Lipinski definition) is 0. The van der Waals surface area contributed by atoms with Crippen LogP contribution in [-0.2, 0) is 4.79 Å². The van der Waals surface area contributed by atoms with Crippen LogP contribution in [0.2, 0.25) is 0 Å². The number of Topliss-reactive ketones (excluding diaryl/α,β-unsaturated/α-hetero) is 1. The minimum atomic E-state index is 0.354. The fraction of sp³-hybridized carbons (Fsp3) is 0.966. The van der Waals surface area contributed by atoms with Gasteiger partial charge in [-0.25, -0.2) is 0 Å². The van der Waals surface area contributed by atoms with Gasteiger partial charge >= 0.3 is 0 Å². The first-order valence-electron chi connectivity index (χ1n) is 14.2. The van der Waals surface area contributed by atoms with Gasteiger partial charge in [-0.2, -0.15) is 0 Å². The summed E-state index contributed by atoms with van der Waals surface area (Å²) in [5.41, 5.74) is 0. The van der Waals surface area contributed by atoms with Crippen LogP contribution in [0.4, 0.5) is 0 Å². The monoisotopic (exact) mass is 422 g/mol. The number of carbonyl (C=O) groups is 1. The van der Waals surface area contributed by atoms with Gasteiger partial charge in [0.1, 0.15) is 5.78 Å². The highest BCUT2D eigenvalue weighted by molar-refractivity contribution is 5.83. The molecule has 0 fully saturated rings. The van der Waals surface area contributed by atoms with Crippen LogP contribution in [-0.4, -0.2) is 5.78 Å². The maximum absolute atomic E-state index is 13.5. The average molecular weight is 423 g/mol. The van der Waals surface area contributed by atoms with Gasteiger partial charge in [-0.05, 0) is 25.7 Å². The van der Waals surface area contributed by atoms with Crippen molar-refractivity contribution in [2.75, 3.05) is 0 Å². The Kier molecular flexibility index (Phi) is 23.1. The molecule has 30 heavy (non-hydrogen) atoms. The zero-order valence-electron chi connectivity index (χ0n) is 21.6. The van der Waals surface area contributed by atoms with Crippen LogP contribution in [0.25, 0.3) is 0 Å². The summed E-state index contributed by atoms with van der Waals surface area (Å²) in [4.78, 5) is 13.5. The van der Waals surface area contributed by atoms with E-state index in [2.05, 4.69) is 27.7 Å². The van der Waals surface area contributed by atoms with E-state index in [0.717, 1.165) is 25.7 Å². The number of ketones is 1. The quantitative estimate of drug-likeness (QED) is 0.141. The zero-order valence-corrected chi connectivity index (χ0v) is 21.6. The molecule has 2 unspecified atom stereocenters. The molecule has 1 heteroatoms. The van der Waals surface area contributed by atoms with Crippen LogP contribution in [0.15, 0.2) is 0 Å². The Morgan fingerprint density at radius 2 is 0.667 bits per heavy atom. The lowest BCUT2D eigenvalue weighted by molar-refractivity contribution is -0.127. The van der Waals surface area contributed by atoms with E-state index in [1.807, 2.05) is 0 Å². The van der Waals surface area contributed by atoms with Crippen molar-refractivity contribution in [2.45, 2.75) is 169 Å². The van der Waals surface area contributed by atoms with Crippen LogP contribution in [0, 0.1) is 11.8 Å². The molecule has 0 aromatic heterocycles. The molecular formula is C29H58O. The maximum Gasteiger partial charge on any atom is 0.139 e. The summed E-state index contributed by atoms with van der Waals surface area (Å²) in [6.07, 6.45) is 28.4. The summed E-state index contributed by atoms with van der Waals surface area (Å²) in [5.74, 6) is 1.35. The summed E-state index contributed by atoms with van der Waals surface area (Å²) in [6.45, 7) is 9.10. The number of rotatable bonds is 24. The minimum Gasteiger partial charge on any atom is -0.299 e. The molecule has 0 radical (unpaired) electrons. The molecule has 0 N–H and O–H groups in total. The minimum absolute atomic E-state index is 0.354. The van der Waals surface area contributed by atoms with Gasteiger partial charge in [-0.3, -0.25) is 4.79 Å². The predicted octanol–water partition coefficient (Wildman–Crippen LogP) is 10.4. The molecule has 0 spiro atoms. The topological polar surface area (TPSA) is 17.1 Å². The molecule has 2 atom stereocenters. The molecule has 0 amide bonds. The average Bonchev–Trinajstić information content (AvgIpc) is 2.76. The van der Waals surface area contributed by atoms with Gasteiger partial charge in [0.25, 0.3) is 0 Å². The maximum atomic E-state index is 13.5. The predicted molar refractivity (Wildman–Crippen MR) is 136 cm³/mol. The SMILES string of the molecule is CCCCCCCCCC(CCCC)C(=O)C(CCCC)CCCCCCCCC. The molecule has 0 aliphatic rings. The normalized spacial score (nSPS) is 13.5. The summed E-state index contributed by atoms with van der Waals surface area (Å²) in [7, 11) is 0. The van der Waals surface area contributed by atoms with Crippen LogP contribution in [0.1, 0.15) is 169 Å². The van der Waals surface area contributed by atoms with Gasteiger partial charge < -0.3 is 0 Å². The van der Waals surface area contributed by atoms with E-state index >= 15 is 0 Å². The summed E-state index contributed by atoms with van der Waals surface area (Å²) in [6, 6.07) is 0. The van der Waals surface area contributed by atoms with Crippen molar-refractivity contribution < 1.29 is 4.79 Å². The second kappa shape index (κ2) is 23.3. The van der Waals surface area contributed by atoms with E-state index in [1.54, 1.807) is 0 Å². The summed E-state index contributed by atoms with van der Waals surface area (Å²) < 4.78 is 0. The molecule has 0 saturated carbocycles. The van der Waals surface area contributed by atoms with Crippen molar-refractivity contribution in [3.8, 4) is 0 Å². The van der Waals surface area contributed by atoms with E-state index in [9.17, 15) is 4.79 Å². The molecule has 0 rings (SSSR count). The molecule has 0 aliphatic heterocycles. The molecule has 0 aliphatic carbocycles. The molecule has 180 valence electrons. The largest absolute Gasteiger partial charge is 0.299 e. The Bertz CT molecular complexity index is 316. The van der Waals surface area contributed by atoms with E-state index < -0.39 is 0 Å². The number of hydrogen-bond acceptors (Lipinski definition) is 1. The van der Waals surface area contributed by atoms with Crippen LogP contribution < -0.4 is 0 Å². The Hall–Kier alpha value is -0.330. The molecule has 0 aromatic carbocycles. The first kappa shape index (κ1) is 29.7. The Balaban J connectivity index is 4.43. The molecule has 0 heterocycles. The van der Waals surface area contributed by atoms with Gasteiger partial charge in [0.15, 0.2) is 0 Å². The van der Waals surface area contributed by atoms with Crippen LogP contribution in [0.5, 0.6) is 0 Å². The van der Waals surface area contributed by atoms with Gasteiger partial charge in [0.05, 0.1) is 0 Å². The van der Waals surface area contributed by atoms with Gasteiger partial charge in [-0.15, -0.1) is 0 Å². The smallest absolute Gasteiger partial charge is 0.139 e. The fourth-order valence-electron chi connectivity index (χ4n) is 4.79. The Morgan fingerprint density at radius 3 is 1.00 bits per heavy atom. The second-order valence-electron chi connectivity index (χ2n) is 9.90. The third-order valence-corrected chi connectivity index (χ3v) is 6.93. The molecular weight excluding hydrogens is 364 g/mol. The molecule has 0 bridgehead atoms. The highest BCUT2D eigenvalue weighted by Gasteiger charge is 2.25. The molecule has 0 aromatic rings. The number of carbonyl (C=O) groups excluding carboxylic acids is 1. The van der Waals surface area contributed by atoms with Crippen molar-refractivity contribution in [3.05, 3.63) is 0 Å². The van der Waals surface area contributed by atoms with Gasteiger partial charge in [0, 0.05) is 11.8 Å². The van der Waals surface area contributed by atoms with Crippen molar-refractivity contribution in [2.24, 2.45) is 11.8 Å². The lowest BCUT2D eigenvalue weighted by Gasteiger charge is -2.23. The van der Waals surface area contributed by atoms with Crippen molar-refractivity contribution >= 4 is 5.78 Å². The lowest BCUT2D eigenvalue weighted by Crippen LogP contribution is -2.24. The third kappa shape index (κ3) is 17.4. The first-order chi connectivity index (χ1) is 14.7. The fourth-order valence-corrected chi connectivity index (χ4v) is 4.79. The zero-order chi connectivity index (χ0) is 22.3. The van der Waals surface area contributed by atoms with E-state index in [0.29, 0.717) is 17.6 Å². The van der Waals surface area contributed by atoms with E-state index in [-0.39, 0.29) is 0 Å². The lowest BCUT2D eigenvalue weighted by atomic mass is 9.81. The summed E-state index contributed by atoms with van der Waals surface area (Å²) in [5, 5.41) is 0. The molecule has 1 nitrogen and oxygen atoms in total. The highest BCUT2D eigenvalue weighted by atomic mass is 16.1. The second-order valence-corrected chi connectivity index (χ2v) is 9.90. The summed E-state index contributed by atoms with van der Waals surface area (Å²) >= 11 is 0. The van der Waals surface area contributed by atoms with Crippen molar-refractivity contribution in [3.63, 3.8) is 0 Å². The first-order valence-corrected chi connectivity index (χ1v) is 14.2. The highest BCUT2D eigenvalue weighted by Crippen LogP contribution is 2.28. The Morgan fingerprint density at radius 1 is 0.400 bits per heavy atom.